The van der Waals surface area contributed by atoms with Crippen molar-refractivity contribution in [2.24, 2.45) is 0 Å². The van der Waals surface area contributed by atoms with Gasteiger partial charge in [-0.05, 0) is 47.7 Å². The molecule has 1 amide bonds. The predicted octanol–water partition coefficient (Wildman–Crippen LogP) is 4.28. The second kappa shape index (κ2) is 9.79. The number of ether oxygens (including phenoxy) is 2. The number of Topliss-reactive ketones (excluding diaryl/α,β-unsaturated/α-hetero) is 1. The summed E-state index contributed by atoms with van der Waals surface area (Å²) in [6.07, 6.45) is 0.590. The number of benzene rings is 2. The van der Waals surface area contributed by atoms with E-state index in [1.54, 1.807) is 38.5 Å². The maximum absolute atomic E-state index is 13.0. The van der Waals surface area contributed by atoms with E-state index in [1.165, 1.54) is 4.90 Å². The minimum Gasteiger partial charge on any atom is -0.507 e. The Morgan fingerprint density at radius 1 is 1.03 bits per heavy atom. The van der Waals surface area contributed by atoms with E-state index in [9.17, 15) is 14.7 Å². The monoisotopic (exact) mass is 423 g/mol. The van der Waals surface area contributed by atoms with Gasteiger partial charge in [-0.25, -0.2) is 0 Å². The summed E-state index contributed by atoms with van der Waals surface area (Å²) in [4.78, 5) is 27.4. The van der Waals surface area contributed by atoms with Crippen LogP contribution in [-0.4, -0.2) is 49.1 Å². The van der Waals surface area contributed by atoms with Crippen LogP contribution < -0.4 is 4.74 Å². The minimum absolute atomic E-state index is 0.102. The quantitative estimate of drug-likeness (QED) is 0.297. The summed E-state index contributed by atoms with van der Waals surface area (Å²) in [7, 11) is 3.15. The molecule has 1 fully saturated rings. The summed E-state index contributed by atoms with van der Waals surface area (Å²) in [6.45, 7) is 5.04. The first-order valence-corrected chi connectivity index (χ1v) is 10.4. The van der Waals surface area contributed by atoms with Gasteiger partial charge in [0.05, 0.1) is 18.7 Å². The van der Waals surface area contributed by atoms with Crippen LogP contribution in [0.1, 0.15) is 48.9 Å². The van der Waals surface area contributed by atoms with Crippen molar-refractivity contribution in [3.8, 4) is 5.75 Å². The first kappa shape index (κ1) is 22.6. The molecular weight excluding hydrogens is 394 g/mol. The molecule has 0 aromatic heterocycles. The number of amides is 1. The number of hydrogen-bond acceptors (Lipinski definition) is 5. The topological polar surface area (TPSA) is 76.1 Å². The van der Waals surface area contributed by atoms with Gasteiger partial charge in [0, 0.05) is 25.8 Å². The van der Waals surface area contributed by atoms with E-state index in [4.69, 9.17) is 9.47 Å². The van der Waals surface area contributed by atoms with Crippen molar-refractivity contribution in [1.82, 2.24) is 4.90 Å². The van der Waals surface area contributed by atoms with Crippen LogP contribution in [0.4, 0.5) is 0 Å². The summed E-state index contributed by atoms with van der Waals surface area (Å²) in [5.41, 5.74) is 2.51. The number of ketones is 1. The lowest BCUT2D eigenvalue weighted by Gasteiger charge is -2.25. The molecule has 1 aliphatic heterocycles. The minimum atomic E-state index is -0.677. The Morgan fingerprint density at radius 2 is 1.68 bits per heavy atom. The lowest BCUT2D eigenvalue weighted by molar-refractivity contribution is -0.140. The molecule has 1 N–H and O–H groups in total. The summed E-state index contributed by atoms with van der Waals surface area (Å²) >= 11 is 0. The molecule has 1 atom stereocenters. The maximum atomic E-state index is 13.0. The van der Waals surface area contributed by atoms with E-state index in [-0.39, 0.29) is 11.3 Å². The summed E-state index contributed by atoms with van der Waals surface area (Å²) < 4.78 is 10.3. The van der Waals surface area contributed by atoms with Gasteiger partial charge in [-0.2, -0.15) is 0 Å². The van der Waals surface area contributed by atoms with Crippen LogP contribution in [0.3, 0.4) is 0 Å². The molecular formula is C25H29NO5. The number of likely N-dealkylation sites (tertiary alicyclic amines) is 1. The molecule has 3 rings (SSSR count). The second-order valence-corrected chi connectivity index (χ2v) is 7.89. The highest BCUT2D eigenvalue weighted by atomic mass is 16.5. The van der Waals surface area contributed by atoms with Crippen molar-refractivity contribution in [3.05, 3.63) is 70.8 Å². The standard InChI is InChI=1S/C25H29NO5/c1-16(2)17-6-8-18(9-7-17)22-21(23(27)19-10-12-20(31-4)13-11-19)24(28)25(29)26(22)14-5-15-30-3/h6-13,16,22,27H,5,14-15H2,1-4H3/b23-21+/t22-/m0/s1. The molecule has 0 aliphatic carbocycles. The van der Waals surface area contributed by atoms with Crippen LogP contribution in [-0.2, 0) is 14.3 Å². The number of carbonyl (C=O) groups is 2. The Hall–Kier alpha value is -3.12. The largest absolute Gasteiger partial charge is 0.507 e. The molecule has 1 heterocycles. The van der Waals surface area contributed by atoms with Gasteiger partial charge >= 0.3 is 0 Å². The third-order valence-electron chi connectivity index (χ3n) is 5.57. The summed E-state index contributed by atoms with van der Waals surface area (Å²) in [5, 5.41) is 11.1. The second-order valence-electron chi connectivity index (χ2n) is 7.89. The van der Waals surface area contributed by atoms with E-state index < -0.39 is 17.7 Å². The number of aliphatic hydroxyl groups is 1. The van der Waals surface area contributed by atoms with Gasteiger partial charge in [0.2, 0.25) is 0 Å². The van der Waals surface area contributed by atoms with Crippen molar-refractivity contribution in [2.75, 3.05) is 27.4 Å². The van der Waals surface area contributed by atoms with E-state index in [0.717, 1.165) is 11.1 Å². The fraction of sp³-hybridized carbons (Fsp3) is 0.360. The SMILES string of the molecule is COCCCN1C(=O)C(=O)/C(=C(/O)c2ccc(OC)cc2)[C@@H]1c1ccc(C(C)C)cc1. The number of methoxy groups -OCH3 is 2. The number of aliphatic hydroxyl groups excluding tert-OH is 1. The van der Waals surface area contributed by atoms with Crippen molar-refractivity contribution < 1.29 is 24.2 Å². The number of carbonyl (C=O) groups excluding carboxylic acids is 2. The maximum Gasteiger partial charge on any atom is 0.295 e. The first-order valence-electron chi connectivity index (χ1n) is 10.4. The summed E-state index contributed by atoms with van der Waals surface area (Å²) in [5.74, 6) is -0.472. The molecule has 2 aromatic rings. The highest BCUT2D eigenvalue weighted by molar-refractivity contribution is 6.46. The smallest absolute Gasteiger partial charge is 0.295 e. The highest BCUT2D eigenvalue weighted by Crippen LogP contribution is 2.40. The van der Waals surface area contributed by atoms with Crippen LogP contribution in [0.2, 0.25) is 0 Å². The fourth-order valence-electron chi connectivity index (χ4n) is 3.80. The number of hydrogen-bond donors (Lipinski definition) is 1. The average Bonchev–Trinajstić information content (AvgIpc) is 3.04. The zero-order valence-corrected chi connectivity index (χ0v) is 18.4. The molecule has 6 nitrogen and oxygen atoms in total. The van der Waals surface area contributed by atoms with Crippen molar-refractivity contribution in [1.29, 1.82) is 0 Å². The molecule has 0 saturated carbocycles. The van der Waals surface area contributed by atoms with E-state index in [0.29, 0.717) is 36.8 Å². The van der Waals surface area contributed by atoms with Crippen molar-refractivity contribution in [3.63, 3.8) is 0 Å². The van der Waals surface area contributed by atoms with Crippen LogP contribution in [0, 0.1) is 0 Å². The first-order chi connectivity index (χ1) is 14.9. The van der Waals surface area contributed by atoms with Crippen molar-refractivity contribution in [2.45, 2.75) is 32.2 Å². The van der Waals surface area contributed by atoms with Gasteiger partial charge < -0.3 is 19.5 Å². The molecule has 1 aliphatic rings. The zero-order chi connectivity index (χ0) is 22.5. The molecule has 1 saturated heterocycles. The van der Waals surface area contributed by atoms with Gasteiger partial charge in [-0.15, -0.1) is 0 Å². The number of nitrogens with zero attached hydrogens (tertiary/aromatic N) is 1. The fourth-order valence-corrected chi connectivity index (χ4v) is 3.80. The van der Waals surface area contributed by atoms with Crippen molar-refractivity contribution >= 4 is 17.4 Å². The van der Waals surface area contributed by atoms with Gasteiger partial charge in [0.15, 0.2) is 0 Å². The predicted molar refractivity (Wildman–Crippen MR) is 119 cm³/mol. The van der Waals surface area contributed by atoms with Gasteiger partial charge in [0.25, 0.3) is 11.7 Å². The normalized spacial score (nSPS) is 18.1. The van der Waals surface area contributed by atoms with Crippen LogP contribution in [0.25, 0.3) is 5.76 Å². The molecule has 6 heteroatoms. The Kier molecular flexibility index (Phi) is 7.13. The van der Waals surface area contributed by atoms with E-state index in [1.807, 2.05) is 24.3 Å². The zero-order valence-electron chi connectivity index (χ0n) is 18.4. The van der Waals surface area contributed by atoms with Gasteiger partial charge in [-0.1, -0.05) is 38.1 Å². The third-order valence-corrected chi connectivity index (χ3v) is 5.57. The average molecular weight is 424 g/mol. The lowest BCUT2D eigenvalue weighted by Crippen LogP contribution is -2.31. The van der Waals surface area contributed by atoms with Crippen LogP contribution >= 0.6 is 0 Å². The Bertz CT molecular complexity index is 960. The van der Waals surface area contributed by atoms with Gasteiger partial charge in [-0.3, -0.25) is 9.59 Å². The third kappa shape index (κ3) is 4.64. The molecule has 0 radical (unpaired) electrons. The van der Waals surface area contributed by atoms with Crippen LogP contribution in [0.5, 0.6) is 5.75 Å². The molecule has 2 aromatic carbocycles. The van der Waals surface area contributed by atoms with Crippen LogP contribution in [0.15, 0.2) is 54.1 Å². The molecule has 31 heavy (non-hydrogen) atoms. The summed E-state index contributed by atoms with van der Waals surface area (Å²) in [6, 6.07) is 14.0. The Morgan fingerprint density at radius 3 is 2.23 bits per heavy atom. The molecule has 0 spiro atoms. The molecule has 0 unspecified atom stereocenters. The lowest BCUT2D eigenvalue weighted by atomic mass is 9.93. The Balaban J connectivity index is 2.09. The van der Waals surface area contributed by atoms with E-state index in [2.05, 4.69) is 13.8 Å². The Labute approximate surface area is 183 Å². The number of rotatable bonds is 8. The van der Waals surface area contributed by atoms with E-state index >= 15 is 0 Å². The molecule has 164 valence electrons. The molecule has 0 bridgehead atoms. The highest BCUT2D eigenvalue weighted by Gasteiger charge is 2.45. The van der Waals surface area contributed by atoms with Gasteiger partial charge in [0.1, 0.15) is 11.5 Å².